The van der Waals surface area contributed by atoms with Crippen LogP contribution in [0.4, 0.5) is 0 Å². The van der Waals surface area contributed by atoms with Crippen molar-refractivity contribution in [1.29, 1.82) is 0 Å². The normalized spacial score (nSPS) is 12.9. The van der Waals surface area contributed by atoms with Gasteiger partial charge >= 0.3 is 0 Å². The highest BCUT2D eigenvalue weighted by Gasteiger charge is 1.99. The molecule has 16 heavy (non-hydrogen) atoms. The van der Waals surface area contributed by atoms with Crippen molar-refractivity contribution in [1.82, 2.24) is 5.32 Å². The first-order valence-electron chi connectivity index (χ1n) is 6.61. The first-order chi connectivity index (χ1) is 7.81. The molecule has 0 aliphatic rings. The largest absolute Gasteiger partial charge is 0.382 e. The zero-order chi connectivity index (χ0) is 12.1. The van der Waals surface area contributed by atoms with Gasteiger partial charge in [-0.3, -0.25) is 0 Å². The van der Waals surface area contributed by atoms with Crippen LogP contribution in [0.2, 0.25) is 0 Å². The van der Waals surface area contributed by atoms with Gasteiger partial charge in [0.2, 0.25) is 0 Å². The van der Waals surface area contributed by atoms with Crippen molar-refractivity contribution in [3.63, 3.8) is 0 Å². The summed E-state index contributed by atoms with van der Waals surface area (Å²) in [5.74, 6) is 0. The third kappa shape index (κ3) is 12.0. The van der Waals surface area contributed by atoms with Crippen LogP contribution in [-0.4, -0.2) is 39.5 Å². The van der Waals surface area contributed by atoms with Gasteiger partial charge in [0.05, 0.1) is 13.2 Å². The molecule has 0 aromatic rings. The molecule has 0 rings (SSSR count). The number of unbranched alkanes of at least 4 members (excludes halogenated alkanes) is 2. The van der Waals surface area contributed by atoms with Crippen molar-refractivity contribution in [3.05, 3.63) is 0 Å². The molecule has 0 fully saturated rings. The lowest BCUT2D eigenvalue weighted by Crippen LogP contribution is -2.27. The third-order valence-electron chi connectivity index (χ3n) is 2.63. The highest BCUT2D eigenvalue weighted by atomic mass is 16.5. The van der Waals surface area contributed by atoms with Crippen molar-refractivity contribution in [2.24, 2.45) is 0 Å². The van der Waals surface area contributed by atoms with E-state index in [1.54, 1.807) is 7.11 Å². The number of methoxy groups -OCH3 is 1. The summed E-state index contributed by atoms with van der Waals surface area (Å²) < 4.78 is 10.3. The Morgan fingerprint density at radius 3 is 2.56 bits per heavy atom. The summed E-state index contributed by atoms with van der Waals surface area (Å²) in [6.45, 7) is 7.80. The van der Waals surface area contributed by atoms with Crippen LogP contribution >= 0.6 is 0 Å². The van der Waals surface area contributed by atoms with Crippen LogP contribution in [0.15, 0.2) is 0 Å². The minimum Gasteiger partial charge on any atom is -0.382 e. The van der Waals surface area contributed by atoms with Gasteiger partial charge in [-0.1, -0.05) is 26.2 Å². The molecule has 0 aromatic heterocycles. The molecule has 0 heterocycles. The summed E-state index contributed by atoms with van der Waals surface area (Å²) in [6.07, 6.45) is 6.38. The molecule has 0 aromatic carbocycles. The lowest BCUT2D eigenvalue weighted by atomic mass is 10.1. The Bertz CT molecular complexity index is 131. The molecule has 0 radical (unpaired) electrons. The second kappa shape index (κ2) is 12.9. The maximum atomic E-state index is 5.39. The molecule has 0 bridgehead atoms. The van der Waals surface area contributed by atoms with Crippen LogP contribution in [0, 0.1) is 0 Å². The summed E-state index contributed by atoms with van der Waals surface area (Å²) >= 11 is 0. The van der Waals surface area contributed by atoms with Gasteiger partial charge in [0.1, 0.15) is 0 Å². The number of hydrogen-bond acceptors (Lipinski definition) is 3. The van der Waals surface area contributed by atoms with Crippen molar-refractivity contribution in [3.8, 4) is 0 Å². The molecule has 3 heteroatoms. The third-order valence-corrected chi connectivity index (χ3v) is 2.63. The minimum absolute atomic E-state index is 0.644. The van der Waals surface area contributed by atoms with E-state index in [0.717, 1.165) is 19.6 Å². The molecule has 0 aliphatic carbocycles. The smallest absolute Gasteiger partial charge is 0.0700 e. The molecule has 1 atom stereocenters. The molecule has 0 spiro atoms. The minimum atomic E-state index is 0.644. The fraction of sp³-hybridized carbons (Fsp3) is 1.00. The van der Waals surface area contributed by atoms with E-state index in [1.165, 1.54) is 25.7 Å². The molecule has 0 amide bonds. The van der Waals surface area contributed by atoms with Gasteiger partial charge in [0, 0.05) is 19.8 Å². The van der Waals surface area contributed by atoms with Crippen LogP contribution in [0.3, 0.4) is 0 Å². The van der Waals surface area contributed by atoms with Gasteiger partial charge in [0.25, 0.3) is 0 Å². The maximum absolute atomic E-state index is 5.39. The second-order valence-electron chi connectivity index (χ2n) is 4.31. The number of ether oxygens (including phenoxy) is 2. The zero-order valence-corrected chi connectivity index (χ0v) is 11.3. The van der Waals surface area contributed by atoms with E-state index in [1.807, 2.05) is 0 Å². The monoisotopic (exact) mass is 231 g/mol. The van der Waals surface area contributed by atoms with Gasteiger partial charge in [0.15, 0.2) is 0 Å². The zero-order valence-electron chi connectivity index (χ0n) is 11.3. The molecule has 98 valence electrons. The van der Waals surface area contributed by atoms with Gasteiger partial charge < -0.3 is 14.8 Å². The average molecular weight is 231 g/mol. The fourth-order valence-electron chi connectivity index (χ4n) is 1.57. The Morgan fingerprint density at radius 1 is 1.06 bits per heavy atom. The summed E-state index contributed by atoms with van der Waals surface area (Å²) in [6, 6.07) is 0.644. The van der Waals surface area contributed by atoms with E-state index in [2.05, 4.69) is 19.2 Å². The maximum Gasteiger partial charge on any atom is 0.0700 e. The topological polar surface area (TPSA) is 30.5 Å². The highest BCUT2D eigenvalue weighted by Crippen LogP contribution is 2.02. The summed E-state index contributed by atoms with van der Waals surface area (Å²) in [7, 11) is 1.70. The lowest BCUT2D eigenvalue weighted by molar-refractivity contribution is 0.0692. The Kier molecular flexibility index (Phi) is 12.9. The van der Waals surface area contributed by atoms with Crippen molar-refractivity contribution < 1.29 is 9.47 Å². The van der Waals surface area contributed by atoms with Gasteiger partial charge in [-0.15, -0.1) is 0 Å². The average Bonchev–Trinajstić information content (AvgIpc) is 2.28. The fourth-order valence-corrected chi connectivity index (χ4v) is 1.57. The molecular formula is C13H29NO2. The van der Waals surface area contributed by atoms with Crippen LogP contribution in [0.5, 0.6) is 0 Å². The van der Waals surface area contributed by atoms with Crippen molar-refractivity contribution in [2.75, 3.05) is 33.5 Å². The van der Waals surface area contributed by atoms with Crippen LogP contribution in [-0.2, 0) is 9.47 Å². The molecule has 1 unspecified atom stereocenters. The Morgan fingerprint density at radius 2 is 1.88 bits per heavy atom. The Balaban J connectivity index is 3.06. The first-order valence-corrected chi connectivity index (χ1v) is 6.61. The van der Waals surface area contributed by atoms with E-state index in [9.17, 15) is 0 Å². The van der Waals surface area contributed by atoms with E-state index < -0.39 is 0 Å². The molecular weight excluding hydrogens is 202 g/mol. The molecule has 0 saturated heterocycles. The summed E-state index contributed by atoms with van der Waals surface area (Å²) in [4.78, 5) is 0. The summed E-state index contributed by atoms with van der Waals surface area (Å²) in [5.41, 5.74) is 0. The van der Waals surface area contributed by atoms with Gasteiger partial charge in [-0.2, -0.15) is 0 Å². The Labute approximate surface area is 101 Å². The first kappa shape index (κ1) is 15.9. The predicted molar refractivity (Wildman–Crippen MR) is 68.9 cm³/mol. The van der Waals surface area contributed by atoms with E-state index in [-0.39, 0.29) is 0 Å². The van der Waals surface area contributed by atoms with Crippen molar-refractivity contribution >= 4 is 0 Å². The SMILES string of the molecule is CCCCCC(C)NCCCOCCOC. The lowest BCUT2D eigenvalue weighted by Gasteiger charge is -2.13. The van der Waals surface area contributed by atoms with Crippen molar-refractivity contribution in [2.45, 2.75) is 52.0 Å². The molecule has 0 aliphatic heterocycles. The number of hydrogen-bond donors (Lipinski definition) is 1. The van der Waals surface area contributed by atoms with E-state index in [4.69, 9.17) is 9.47 Å². The predicted octanol–water partition coefficient (Wildman–Crippen LogP) is 2.60. The molecule has 1 N–H and O–H groups in total. The molecule has 3 nitrogen and oxygen atoms in total. The van der Waals surface area contributed by atoms with E-state index >= 15 is 0 Å². The molecule has 0 saturated carbocycles. The number of nitrogens with one attached hydrogen (secondary N) is 1. The van der Waals surface area contributed by atoms with Gasteiger partial charge in [-0.25, -0.2) is 0 Å². The van der Waals surface area contributed by atoms with Crippen LogP contribution in [0.1, 0.15) is 46.0 Å². The van der Waals surface area contributed by atoms with Gasteiger partial charge in [-0.05, 0) is 26.3 Å². The summed E-state index contributed by atoms with van der Waals surface area (Å²) in [5, 5.41) is 3.52. The van der Waals surface area contributed by atoms with E-state index in [0.29, 0.717) is 19.3 Å². The second-order valence-corrected chi connectivity index (χ2v) is 4.31. The highest BCUT2D eigenvalue weighted by molar-refractivity contribution is 4.60. The standard InChI is InChI=1S/C13H29NO2/c1-4-5-6-8-13(2)14-9-7-10-16-12-11-15-3/h13-14H,4-12H2,1-3H3. The Hall–Kier alpha value is -0.120. The van der Waals surface area contributed by atoms with Crippen LogP contribution < -0.4 is 5.32 Å². The number of rotatable bonds is 12. The van der Waals surface area contributed by atoms with Crippen LogP contribution in [0.25, 0.3) is 0 Å². The quantitative estimate of drug-likeness (QED) is 0.524.